The highest BCUT2D eigenvalue weighted by molar-refractivity contribution is 5.32. The van der Waals surface area contributed by atoms with Gasteiger partial charge in [-0.1, -0.05) is 12.1 Å². The summed E-state index contributed by atoms with van der Waals surface area (Å²) in [5, 5.41) is 8.55. The third kappa shape index (κ3) is 2.37. The maximum Gasteiger partial charge on any atom is 0.238 e. The van der Waals surface area contributed by atoms with Crippen molar-refractivity contribution in [3.63, 3.8) is 0 Å². The summed E-state index contributed by atoms with van der Waals surface area (Å²) in [4.78, 5) is 7.62. The van der Waals surface area contributed by atoms with Crippen LogP contribution in [-0.4, -0.2) is 9.97 Å². The fourth-order valence-electron chi connectivity index (χ4n) is 1.24. The number of nitriles is 1. The zero-order valence-electron chi connectivity index (χ0n) is 9.01. The molecule has 1 heterocycles. The second kappa shape index (κ2) is 4.58. The van der Waals surface area contributed by atoms with Crippen LogP contribution in [0.2, 0.25) is 0 Å². The Morgan fingerprint density at radius 3 is 2.76 bits per heavy atom. The first kappa shape index (κ1) is 11.0. The number of hydrogen-bond acceptors (Lipinski definition) is 4. The SMILES string of the molecule is Cc1cccc(Oc2cnc(C#N)cn2)c1F. The predicted octanol–water partition coefficient (Wildman–Crippen LogP) is 2.59. The van der Waals surface area contributed by atoms with E-state index in [4.69, 9.17) is 10.00 Å². The van der Waals surface area contributed by atoms with Gasteiger partial charge in [0.05, 0.1) is 12.4 Å². The molecular formula is C12H8FN3O. The fraction of sp³-hybridized carbons (Fsp3) is 0.0833. The van der Waals surface area contributed by atoms with E-state index in [1.807, 2.05) is 6.07 Å². The van der Waals surface area contributed by atoms with Gasteiger partial charge in [0, 0.05) is 0 Å². The quantitative estimate of drug-likeness (QED) is 0.794. The lowest BCUT2D eigenvalue weighted by Gasteiger charge is -2.06. The average Bonchev–Trinajstić information content (AvgIpc) is 2.36. The van der Waals surface area contributed by atoms with E-state index < -0.39 is 5.82 Å². The highest BCUT2D eigenvalue weighted by Crippen LogP contribution is 2.24. The van der Waals surface area contributed by atoms with Gasteiger partial charge in [-0.2, -0.15) is 5.26 Å². The molecule has 0 saturated carbocycles. The molecule has 0 saturated heterocycles. The average molecular weight is 229 g/mol. The number of rotatable bonds is 2. The van der Waals surface area contributed by atoms with Crippen molar-refractivity contribution in [1.82, 2.24) is 9.97 Å². The second-order valence-corrected chi connectivity index (χ2v) is 3.34. The molecule has 0 fully saturated rings. The van der Waals surface area contributed by atoms with Crippen molar-refractivity contribution >= 4 is 0 Å². The van der Waals surface area contributed by atoms with Gasteiger partial charge in [-0.3, -0.25) is 0 Å². The molecule has 0 unspecified atom stereocenters. The lowest BCUT2D eigenvalue weighted by Crippen LogP contribution is -1.94. The van der Waals surface area contributed by atoms with Gasteiger partial charge >= 0.3 is 0 Å². The van der Waals surface area contributed by atoms with E-state index in [9.17, 15) is 4.39 Å². The van der Waals surface area contributed by atoms with Crippen LogP contribution in [0.15, 0.2) is 30.6 Å². The molecule has 0 aliphatic carbocycles. The number of ether oxygens (including phenoxy) is 1. The zero-order valence-corrected chi connectivity index (χ0v) is 9.01. The van der Waals surface area contributed by atoms with E-state index in [-0.39, 0.29) is 17.3 Å². The number of hydrogen-bond donors (Lipinski definition) is 0. The van der Waals surface area contributed by atoms with E-state index in [0.717, 1.165) is 0 Å². The van der Waals surface area contributed by atoms with Gasteiger partial charge in [0.2, 0.25) is 5.88 Å². The Balaban J connectivity index is 2.26. The molecule has 0 N–H and O–H groups in total. The fourth-order valence-corrected chi connectivity index (χ4v) is 1.24. The summed E-state index contributed by atoms with van der Waals surface area (Å²) < 4.78 is 18.8. The Hall–Kier alpha value is -2.48. The second-order valence-electron chi connectivity index (χ2n) is 3.34. The monoisotopic (exact) mass is 229 g/mol. The summed E-state index contributed by atoms with van der Waals surface area (Å²) in [5.74, 6) is -0.198. The topological polar surface area (TPSA) is 58.8 Å². The lowest BCUT2D eigenvalue weighted by molar-refractivity contribution is 0.423. The molecule has 5 heteroatoms. The molecule has 0 bridgehead atoms. The molecular weight excluding hydrogens is 221 g/mol. The third-order valence-electron chi connectivity index (χ3n) is 2.11. The van der Waals surface area contributed by atoms with Crippen LogP contribution in [0, 0.1) is 24.1 Å². The first-order valence-corrected chi connectivity index (χ1v) is 4.86. The van der Waals surface area contributed by atoms with Crippen LogP contribution in [0.3, 0.4) is 0 Å². The third-order valence-corrected chi connectivity index (χ3v) is 2.11. The van der Waals surface area contributed by atoms with E-state index in [2.05, 4.69) is 9.97 Å². The Morgan fingerprint density at radius 2 is 2.12 bits per heavy atom. The summed E-state index contributed by atoms with van der Waals surface area (Å²) in [6.45, 7) is 1.65. The van der Waals surface area contributed by atoms with Crippen LogP contribution in [-0.2, 0) is 0 Å². The van der Waals surface area contributed by atoms with Crippen LogP contribution < -0.4 is 4.74 Å². The number of benzene rings is 1. The van der Waals surface area contributed by atoms with Crippen molar-refractivity contribution < 1.29 is 9.13 Å². The molecule has 4 nitrogen and oxygen atoms in total. The van der Waals surface area contributed by atoms with Gasteiger partial charge in [-0.25, -0.2) is 14.4 Å². The molecule has 17 heavy (non-hydrogen) atoms. The van der Waals surface area contributed by atoms with Crippen LogP contribution in [0.25, 0.3) is 0 Å². The molecule has 84 valence electrons. The predicted molar refractivity (Wildman–Crippen MR) is 58.0 cm³/mol. The smallest absolute Gasteiger partial charge is 0.238 e. The van der Waals surface area contributed by atoms with Gasteiger partial charge in [0.25, 0.3) is 0 Å². The van der Waals surface area contributed by atoms with Crippen LogP contribution in [0.1, 0.15) is 11.3 Å². The summed E-state index contributed by atoms with van der Waals surface area (Å²) in [7, 11) is 0. The molecule has 1 aromatic heterocycles. The van der Waals surface area contributed by atoms with Crippen LogP contribution in [0.5, 0.6) is 11.6 Å². The van der Waals surface area contributed by atoms with E-state index >= 15 is 0 Å². The lowest BCUT2D eigenvalue weighted by atomic mass is 10.2. The van der Waals surface area contributed by atoms with Crippen molar-refractivity contribution in [2.45, 2.75) is 6.92 Å². The number of halogens is 1. The van der Waals surface area contributed by atoms with Crippen LogP contribution >= 0.6 is 0 Å². The molecule has 0 aliphatic heterocycles. The summed E-state index contributed by atoms with van der Waals surface area (Å²) in [6, 6.07) is 6.67. The zero-order chi connectivity index (χ0) is 12.3. The molecule has 2 rings (SSSR count). The van der Waals surface area contributed by atoms with E-state index in [1.165, 1.54) is 18.5 Å². The van der Waals surface area contributed by atoms with Gasteiger partial charge < -0.3 is 4.74 Å². The standard InChI is InChI=1S/C12H8FN3O/c1-8-3-2-4-10(12(8)13)17-11-7-15-9(5-14)6-16-11/h2-4,6-7H,1H3. The maximum atomic E-state index is 13.6. The minimum Gasteiger partial charge on any atom is -0.434 e. The summed E-state index contributed by atoms with van der Waals surface area (Å²) >= 11 is 0. The molecule has 1 aromatic carbocycles. The molecule has 0 spiro atoms. The number of aryl methyl sites for hydroxylation is 1. The van der Waals surface area contributed by atoms with Crippen molar-refractivity contribution in [2.75, 3.05) is 0 Å². The van der Waals surface area contributed by atoms with Gasteiger partial charge in [-0.15, -0.1) is 0 Å². The normalized spacial score (nSPS) is 9.71. The Labute approximate surface area is 97.3 Å². The summed E-state index contributed by atoms with van der Waals surface area (Å²) in [6.07, 6.45) is 2.55. The van der Waals surface area contributed by atoms with Gasteiger partial charge in [0.15, 0.2) is 17.3 Å². The molecule has 0 atom stereocenters. The first-order valence-electron chi connectivity index (χ1n) is 4.86. The largest absolute Gasteiger partial charge is 0.434 e. The highest BCUT2D eigenvalue weighted by Gasteiger charge is 2.07. The molecule has 2 aromatic rings. The Morgan fingerprint density at radius 1 is 1.29 bits per heavy atom. The Bertz CT molecular complexity index is 575. The molecule has 0 radical (unpaired) electrons. The van der Waals surface area contributed by atoms with Crippen molar-refractivity contribution in [2.24, 2.45) is 0 Å². The minimum absolute atomic E-state index is 0.0870. The van der Waals surface area contributed by atoms with Crippen molar-refractivity contribution in [3.05, 3.63) is 47.7 Å². The molecule has 0 amide bonds. The van der Waals surface area contributed by atoms with Gasteiger partial charge in [-0.05, 0) is 18.6 Å². The number of aromatic nitrogens is 2. The minimum atomic E-state index is -0.432. The summed E-state index contributed by atoms with van der Waals surface area (Å²) in [5.41, 5.74) is 0.672. The highest BCUT2D eigenvalue weighted by atomic mass is 19.1. The Kier molecular flexibility index (Phi) is 2.97. The first-order chi connectivity index (χ1) is 8.20. The van der Waals surface area contributed by atoms with Crippen molar-refractivity contribution in [3.8, 4) is 17.7 Å². The maximum absolute atomic E-state index is 13.6. The van der Waals surface area contributed by atoms with E-state index in [0.29, 0.717) is 5.56 Å². The van der Waals surface area contributed by atoms with Crippen molar-refractivity contribution in [1.29, 1.82) is 5.26 Å². The molecule has 0 aliphatic rings. The van der Waals surface area contributed by atoms with Gasteiger partial charge in [0.1, 0.15) is 6.07 Å². The van der Waals surface area contributed by atoms with E-state index in [1.54, 1.807) is 19.1 Å². The van der Waals surface area contributed by atoms with Crippen LogP contribution in [0.4, 0.5) is 4.39 Å². The number of nitrogens with zero attached hydrogens (tertiary/aromatic N) is 3.